The number of hydrogen-bond donors (Lipinski definition) is 1. The van der Waals surface area contributed by atoms with E-state index in [2.05, 4.69) is 24.0 Å². The van der Waals surface area contributed by atoms with Gasteiger partial charge in [-0.05, 0) is 24.5 Å². The van der Waals surface area contributed by atoms with E-state index >= 15 is 0 Å². The summed E-state index contributed by atoms with van der Waals surface area (Å²) in [5.41, 5.74) is 1.29. The lowest BCUT2D eigenvalue weighted by Crippen LogP contribution is -1.91. The normalized spacial score (nSPS) is 9.88. The topological polar surface area (TPSA) is 37.3 Å². The van der Waals surface area contributed by atoms with Crippen molar-refractivity contribution in [2.24, 2.45) is 0 Å². The number of allylic oxidation sites excluding steroid dienone is 2. The first-order valence-corrected chi connectivity index (χ1v) is 5.68. The van der Waals surface area contributed by atoms with Crippen LogP contribution in [0.3, 0.4) is 0 Å². The van der Waals surface area contributed by atoms with Crippen molar-refractivity contribution in [3.05, 3.63) is 48.0 Å². The zero-order valence-corrected chi connectivity index (χ0v) is 9.73. The molecule has 0 aliphatic carbocycles. The zero-order chi connectivity index (χ0) is 12.3. The van der Waals surface area contributed by atoms with Crippen LogP contribution in [0.1, 0.15) is 24.8 Å². The van der Waals surface area contributed by atoms with E-state index in [1.807, 2.05) is 18.2 Å². The SMILES string of the molecule is O=C(O)CC/C=C\C#CCCc1ccccc1. The van der Waals surface area contributed by atoms with Gasteiger partial charge in [-0.3, -0.25) is 4.79 Å². The van der Waals surface area contributed by atoms with E-state index in [-0.39, 0.29) is 6.42 Å². The molecule has 0 aliphatic heterocycles. The zero-order valence-electron chi connectivity index (χ0n) is 9.73. The molecule has 0 radical (unpaired) electrons. The molecule has 0 amide bonds. The van der Waals surface area contributed by atoms with E-state index in [4.69, 9.17) is 5.11 Å². The minimum absolute atomic E-state index is 0.169. The van der Waals surface area contributed by atoms with Crippen LogP contribution in [0.5, 0.6) is 0 Å². The van der Waals surface area contributed by atoms with Gasteiger partial charge in [-0.1, -0.05) is 48.2 Å². The molecule has 0 fully saturated rings. The molecule has 0 saturated heterocycles. The second kappa shape index (κ2) is 8.18. The Bertz CT molecular complexity index is 421. The van der Waals surface area contributed by atoms with Gasteiger partial charge in [-0.25, -0.2) is 0 Å². The Labute approximate surface area is 102 Å². The van der Waals surface area contributed by atoms with Crippen LogP contribution in [0, 0.1) is 11.8 Å². The lowest BCUT2D eigenvalue weighted by atomic mass is 10.1. The highest BCUT2D eigenvalue weighted by molar-refractivity contribution is 5.66. The first-order chi connectivity index (χ1) is 8.29. The van der Waals surface area contributed by atoms with E-state index in [1.54, 1.807) is 12.2 Å². The van der Waals surface area contributed by atoms with E-state index in [9.17, 15) is 4.79 Å². The van der Waals surface area contributed by atoms with Crippen LogP contribution in [0.15, 0.2) is 42.5 Å². The quantitative estimate of drug-likeness (QED) is 0.786. The maximum absolute atomic E-state index is 10.2. The van der Waals surface area contributed by atoms with Crippen LogP contribution < -0.4 is 0 Å². The molecule has 0 saturated carbocycles. The molecule has 0 unspecified atom stereocenters. The maximum atomic E-state index is 10.2. The highest BCUT2D eigenvalue weighted by Gasteiger charge is 1.90. The van der Waals surface area contributed by atoms with E-state index < -0.39 is 5.97 Å². The summed E-state index contributed by atoms with van der Waals surface area (Å²) < 4.78 is 0. The van der Waals surface area contributed by atoms with Crippen molar-refractivity contribution in [3.8, 4) is 11.8 Å². The summed E-state index contributed by atoms with van der Waals surface area (Å²) in [4.78, 5) is 10.2. The summed E-state index contributed by atoms with van der Waals surface area (Å²) in [5.74, 6) is 5.17. The van der Waals surface area contributed by atoms with Crippen LogP contribution >= 0.6 is 0 Å². The van der Waals surface area contributed by atoms with E-state index in [1.165, 1.54) is 5.56 Å². The Hall–Kier alpha value is -2.01. The van der Waals surface area contributed by atoms with Gasteiger partial charge in [0.2, 0.25) is 0 Å². The van der Waals surface area contributed by atoms with Crippen LogP contribution in [-0.2, 0) is 11.2 Å². The summed E-state index contributed by atoms with van der Waals surface area (Å²) in [5, 5.41) is 8.41. The van der Waals surface area contributed by atoms with Crippen molar-refractivity contribution in [2.75, 3.05) is 0 Å². The standard InChI is InChI=1S/C15H16O2/c16-15(17)13-9-4-2-1-3-6-10-14-11-7-5-8-12-14/h2,4-5,7-8,11-12H,6,9-10,13H2,(H,16,17)/b4-2-. The molecular formula is C15H16O2. The minimum atomic E-state index is -0.772. The predicted octanol–water partition coefficient (Wildman–Crippen LogP) is 3.04. The Kier molecular flexibility index (Phi) is 6.28. The van der Waals surface area contributed by atoms with Crippen LogP contribution in [0.2, 0.25) is 0 Å². The van der Waals surface area contributed by atoms with Crippen LogP contribution in [0.25, 0.3) is 0 Å². The summed E-state index contributed by atoms with van der Waals surface area (Å²) in [6, 6.07) is 10.2. The number of carbonyl (C=O) groups is 1. The second-order valence-electron chi connectivity index (χ2n) is 3.64. The molecule has 0 bridgehead atoms. The summed E-state index contributed by atoms with van der Waals surface area (Å²) in [6.07, 6.45) is 6.02. The third-order valence-electron chi connectivity index (χ3n) is 2.21. The van der Waals surface area contributed by atoms with Crippen molar-refractivity contribution in [2.45, 2.75) is 25.7 Å². The molecule has 1 aromatic rings. The van der Waals surface area contributed by atoms with Gasteiger partial charge in [-0.15, -0.1) is 0 Å². The molecule has 1 N–H and O–H groups in total. The maximum Gasteiger partial charge on any atom is 0.303 e. The lowest BCUT2D eigenvalue weighted by Gasteiger charge is -1.94. The van der Waals surface area contributed by atoms with Crippen molar-refractivity contribution in [3.63, 3.8) is 0 Å². The third kappa shape index (κ3) is 6.97. The molecule has 2 heteroatoms. The average molecular weight is 228 g/mol. The fraction of sp³-hybridized carbons (Fsp3) is 0.267. The molecule has 0 atom stereocenters. The van der Waals surface area contributed by atoms with Gasteiger partial charge in [-0.2, -0.15) is 0 Å². The first kappa shape index (κ1) is 13.1. The Balaban J connectivity index is 2.17. The van der Waals surface area contributed by atoms with Gasteiger partial charge < -0.3 is 5.11 Å². The highest BCUT2D eigenvalue weighted by Crippen LogP contribution is 2.01. The number of rotatable bonds is 5. The number of hydrogen-bond acceptors (Lipinski definition) is 1. The molecule has 0 aromatic heterocycles. The molecule has 2 nitrogen and oxygen atoms in total. The summed E-state index contributed by atoms with van der Waals surface area (Å²) >= 11 is 0. The lowest BCUT2D eigenvalue weighted by molar-refractivity contribution is -0.136. The van der Waals surface area contributed by atoms with E-state index in [0.29, 0.717) is 6.42 Å². The average Bonchev–Trinajstić information content (AvgIpc) is 2.33. The number of aryl methyl sites for hydroxylation is 1. The smallest absolute Gasteiger partial charge is 0.303 e. The van der Waals surface area contributed by atoms with Crippen molar-refractivity contribution in [1.82, 2.24) is 0 Å². The van der Waals surface area contributed by atoms with E-state index in [0.717, 1.165) is 12.8 Å². The van der Waals surface area contributed by atoms with Gasteiger partial charge >= 0.3 is 5.97 Å². The fourth-order valence-corrected chi connectivity index (χ4v) is 1.33. The number of aliphatic carboxylic acids is 1. The third-order valence-corrected chi connectivity index (χ3v) is 2.21. The molecular weight excluding hydrogens is 212 g/mol. The second-order valence-corrected chi connectivity index (χ2v) is 3.64. The predicted molar refractivity (Wildman–Crippen MR) is 68.5 cm³/mol. The van der Waals surface area contributed by atoms with Gasteiger partial charge in [0.15, 0.2) is 0 Å². The largest absolute Gasteiger partial charge is 0.481 e. The highest BCUT2D eigenvalue weighted by atomic mass is 16.4. The summed E-state index contributed by atoms with van der Waals surface area (Å²) in [7, 11) is 0. The van der Waals surface area contributed by atoms with Crippen molar-refractivity contribution in [1.29, 1.82) is 0 Å². The van der Waals surface area contributed by atoms with Crippen LogP contribution in [0.4, 0.5) is 0 Å². The molecule has 0 heterocycles. The molecule has 1 rings (SSSR count). The van der Waals surface area contributed by atoms with Gasteiger partial charge in [0.25, 0.3) is 0 Å². The summed E-state index contributed by atoms with van der Waals surface area (Å²) in [6.45, 7) is 0. The Morgan fingerprint density at radius 2 is 2.06 bits per heavy atom. The minimum Gasteiger partial charge on any atom is -0.481 e. The Morgan fingerprint density at radius 3 is 2.76 bits per heavy atom. The van der Waals surface area contributed by atoms with Crippen molar-refractivity contribution < 1.29 is 9.90 Å². The molecule has 17 heavy (non-hydrogen) atoms. The van der Waals surface area contributed by atoms with Gasteiger partial charge in [0.1, 0.15) is 0 Å². The van der Waals surface area contributed by atoms with Crippen LogP contribution in [-0.4, -0.2) is 11.1 Å². The molecule has 88 valence electrons. The van der Waals surface area contributed by atoms with Gasteiger partial charge in [0.05, 0.1) is 0 Å². The Morgan fingerprint density at radius 1 is 1.29 bits per heavy atom. The number of benzene rings is 1. The fourth-order valence-electron chi connectivity index (χ4n) is 1.33. The number of carboxylic acid groups (broad SMARTS) is 1. The monoisotopic (exact) mass is 228 g/mol. The molecule has 0 aliphatic rings. The molecule has 0 spiro atoms. The first-order valence-electron chi connectivity index (χ1n) is 5.68. The molecule has 1 aromatic carbocycles. The van der Waals surface area contributed by atoms with Crippen molar-refractivity contribution >= 4 is 5.97 Å². The number of carboxylic acids is 1. The van der Waals surface area contributed by atoms with Gasteiger partial charge in [0, 0.05) is 12.8 Å².